The highest BCUT2D eigenvalue weighted by molar-refractivity contribution is 6.96. The first-order valence-corrected chi connectivity index (χ1v) is 14.8. The van der Waals surface area contributed by atoms with Gasteiger partial charge >= 0.3 is 7.12 Å². The molecule has 0 amide bonds. The summed E-state index contributed by atoms with van der Waals surface area (Å²) in [6, 6.07) is 11.0. The topological polar surface area (TPSA) is 18.5 Å². The smallest absolute Gasteiger partial charge is 0.399 e. The second kappa shape index (κ2) is 10.5. The summed E-state index contributed by atoms with van der Waals surface area (Å²) in [5.41, 5.74) is 0.494. The number of rotatable bonds is 11. The first-order valence-electron chi connectivity index (χ1n) is 11.8. The van der Waals surface area contributed by atoms with Gasteiger partial charge in [0.1, 0.15) is 8.07 Å². The molecule has 0 radical (unpaired) electrons. The van der Waals surface area contributed by atoms with Crippen LogP contribution in [0.3, 0.4) is 0 Å². The summed E-state index contributed by atoms with van der Waals surface area (Å²) in [6.45, 7) is 19.9. The van der Waals surface area contributed by atoms with E-state index < -0.39 is 8.07 Å². The Hall–Kier alpha value is -1.10. The molecule has 166 valence electrons. The molecule has 1 fully saturated rings. The lowest BCUT2D eigenvalue weighted by atomic mass is 9.77. The molecule has 1 aliphatic heterocycles. The Bertz CT molecular complexity index is 706. The van der Waals surface area contributed by atoms with E-state index >= 15 is 0 Å². The molecule has 1 saturated heterocycles. The van der Waals surface area contributed by atoms with E-state index in [0.717, 1.165) is 6.42 Å². The molecule has 0 N–H and O–H groups in total. The Morgan fingerprint density at radius 2 is 1.47 bits per heavy atom. The fourth-order valence-electron chi connectivity index (χ4n) is 4.26. The highest BCUT2D eigenvalue weighted by Gasteiger charge is 2.53. The predicted octanol–water partition coefficient (Wildman–Crippen LogP) is 7.01. The first kappa shape index (κ1) is 25.2. The number of hydrogen-bond donors (Lipinski definition) is 0. The molecule has 0 bridgehead atoms. The average Bonchev–Trinajstić information content (AvgIpc) is 2.91. The third-order valence-corrected chi connectivity index (χ3v) is 10.9. The van der Waals surface area contributed by atoms with Gasteiger partial charge in [0.2, 0.25) is 0 Å². The molecule has 0 aliphatic carbocycles. The van der Waals surface area contributed by atoms with Crippen molar-refractivity contribution < 1.29 is 9.31 Å². The SMILES string of the molecule is C=C/C(B1OC(C)(C)C(C)(C)O1)=C(/CCCCCCCC)[Si](C)(C)c1ccccc1. The van der Waals surface area contributed by atoms with E-state index in [0.29, 0.717) is 0 Å². The lowest BCUT2D eigenvalue weighted by Gasteiger charge is -2.32. The van der Waals surface area contributed by atoms with Crippen LogP contribution in [0.2, 0.25) is 13.1 Å². The summed E-state index contributed by atoms with van der Waals surface area (Å²) < 4.78 is 12.9. The van der Waals surface area contributed by atoms with Crippen molar-refractivity contribution in [3.63, 3.8) is 0 Å². The lowest BCUT2D eigenvalue weighted by Crippen LogP contribution is -2.45. The fourth-order valence-corrected chi connectivity index (χ4v) is 7.38. The minimum atomic E-state index is -1.88. The molecular weight excluding hydrogens is 383 g/mol. The van der Waals surface area contributed by atoms with Crippen LogP contribution in [0.25, 0.3) is 0 Å². The van der Waals surface area contributed by atoms with E-state index in [1.807, 2.05) is 6.08 Å². The van der Waals surface area contributed by atoms with E-state index in [9.17, 15) is 0 Å². The number of benzene rings is 1. The van der Waals surface area contributed by atoms with Crippen LogP contribution in [-0.2, 0) is 9.31 Å². The Kier molecular flexibility index (Phi) is 8.79. The van der Waals surface area contributed by atoms with Gasteiger partial charge in [0.15, 0.2) is 0 Å². The summed E-state index contributed by atoms with van der Waals surface area (Å²) in [6.07, 6.45) is 10.9. The molecule has 1 heterocycles. The largest absolute Gasteiger partial charge is 0.494 e. The Morgan fingerprint density at radius 1 is 0.933 bits per heavy atom. The minimum Gasteiger partial charge on any atom is -0.399 e. The van der Waals surface area contributed by atoms with Gasteiger partial charge in [-0.25, -0.2) is 0 Å². The monoisotopic (exact) mass is 426 g/mol. The second-order valence-electron chi connectivity index (χ2n) is 10.2. The fraction of sp³-hybridized carbons (Fsp3) is 0.615. The summed E-state index contributed by atoms with van der Waals surface area (Å²) in [5.74, 6) is 0. The Labute approximate surface area is 187 Å². The zero-order valence-corrected chi connectivity index (χ0v) is 21.5. The van der Waals surface area contributed by atoms with Gasteiger partial charge in [-0.3, -0.25) is 0 Å². The van der Waals surface area contributed by atoms with Crippen LogP contribution in [0.5, 0.6) is 0 Å². The Morgan fingerprint density at radius 3 is 2.00 bits per heavy atom. The normalized spacial score (nSPS) is 19.0. The maximum atomic E-state index is 6.46. The van der Waals surface area contributed by atoms with Crippen molar-refractivity contribution in [3.05, 3.63) is 53.7 Å². The molecule has 0 spiro atoms. The summed E-state index contributed by atoms with van der Waals surface area (Å²) >= 11 is 0. The molecule has 2 rings (SSSR count). The van der Waals surface area contributed by atoms with Gasteiger partial charge in [0.05, 0.1) is 11.2 Å². The zero-order chi connectivity index (χ0) is 22.4. The molecule has 0 saturated carbocycles. The van der Waals surface area contributed by atoms with Gasteiger partial charge in [-0.05, 0) is 46.0 Å². The molecular formula is C26H43BO2Si. The van der Waals surface area contributed by atoms with Gasteiger partial charge < -0.3 is 9.31 Å². The van der Waals surface area contributed by atoms with Gasteiger partial charge in [-0.15, -0.1) is 0 Å². The van der Waals surface area contributed by atoms with Crippen molar-refractivity contribution in [2.45, 2.75) is 104 Å². The molecule has 2 nitrogen and oxygen atoms in total. The third-order valence-electron chi connectivity index (χ3n) is 7.11. The molecule has 1 aromatic rings. The highest BCUT2D eigenvalue weighted by atomic mass is 28.3. The van der Waals surface area contributed by atoms with E-state index in [-0.39, 0.29) is 18.3 Å². The van der Waals surface area contributed by atoms with E-state index in [1.54, 1.807) is 0 Å². The van der Waals surface area contributed by atoms with E-state index in [2.05, 4.69) is 84.6 Å². The zero-order valence-electron chi connectivity index (χ0n) is 20.5. The average molecular weight is 427 g/mol. The van der Waals surface area contributed by atoms with Gasteiger partial charge in [0.25, 0.3) is 0 Å². The van der Waals surface area contributed by atoms with Crippen molar-refractivity contribution in [2.24, 2.45) is 0 Å². The van der Waals surface area contributed by atoms with Crippen LogP contribution in [-0.4, -0.2) is 26.4 Å². The first-order chi connectivity index (χ1) is 14.1. The molecule has 0 aromatic heterocycles. The van der Waals surface area contributed by atoms with Gasteiger partial charge in [-0.2, -0.15) is 0 Å². The number of hydrogen-bond acceptors (Lipinski definition) is 2. The van der Waals surface area contributed by atoms with Crippen molar-refractivity contribution in [3.8, 4) is 0 Å². The Balaban J connectivity index is 2.36. The quantitative estimate of drug-likeness (QED) is 0.215. The molecule has 4 heteroatoms. The van der Waals surface area contributed by atoms with Crippen LogP contribution >= 0.6 is 0 Å². The standard InChI is InChI=1S/C26H43BO2Si/c1-9-11-12-13-14-18-21-24(30(7,8)22-19-16-15-17-20-22)23(10-2)27-28-25(3,4)26(5,6)29-27/h10,15-17,19-20H,2,9,11-14,18,21H2,1,3-8H3/b24-23+. The van der Waals surface area contributed by atoms with E-state index in [4.69, 9.17) is 9.31 Å². The van der Waals surface area contributed by atoms with Crippen molar-refractivity contribution in [1.29, 1.82) is 0 Å². The predicted molar refractivity (Wildman–Crippen MR) is 135 cm³/mol. The number of unbranched alkanes of at least 4 members (excludes halogenated alkanes) is 5. The van der Waals surface area contributed by atoms with Crippen molar-refractivity contribution >= 4 is 20.4 Å². The van der Waals surface area contributed by atoms with Crippen LogP contribution in [0.1, 0.15) is 79.6 Å². The molecule has 0 atom stereocenters. The molecule has 1 aliphatic rings. The second-order valence-corrected chi connectivity index (χ2v) is 14.7. The van der Waals surface area contributed by atoms with Gasteiger partial charge in [0, 0.05) is 0 Å². The van der Waals surface area contributed by atoms with Crippen molar-refractivity contribution in [2.75, 3.05) is 0 Å². The summed E-state index contributed by atoms with van der Waals surface area (Å²) in [4.78, 5) is 0. The van der Waals surface area contributed by atoms with Crippen molar-refractivity contribution in [1.82, 2.24) is 0 Å². The van der Waals surface area contributed by atoms with Crippen LogP contribution in [0, 0.1) is 0 Å². The van der Waals surface area contributed by atoms with Crippen LogP contribution in [0.4, 0.5) is 0 Å². The summed E-state index contributed by atoms with van der Waals surface area (Å²) in [5, 5.41) is 2.99. The number of allylic oxidation sites excluding steroid dienone is 3. The lowest BCUT2D eigenvalue weighted by molar-refractivity contribution is 0.00578. The maximum Gasteiger partial charge on any atom is 0.494 e. The van der Waals surface area contributed by atoms with Crippen LogP contribution in [0.15, 0.2) is 53.7 Å². The molecule has 0 unspecified atom stereocenters. The van der Waals surface area contributed by atoms with Gasteiger partial charge in [-0.1, -0.05) is 105 Å². The molecule has 30 heavy (non-hydrogen) atoms. The minimum absolute atomic E-state index is 0.335. The van der Waals surface area contributed by atoms with E-state index in [1.165, 1.54) is 54.4 Å². The molecule has 1 aromatic carbocycles. The van der Waals surface area contributed by atoms with Crippen LogP contribution < -0.4 is 5.19 Å². The maximum absolute atomic E-state index is 6.46. The summed E-state index contributed by atoms with van der Waals surface area (Å²) in [7, 11) is -2.22. The highest BCUT2D eigenvalue weighted by Crippen LogP contribution is 2.40. The third kappa shape index (κ3) is 5.78.